The number of phenolic OH excluding ortho intramolecular Hbond substituents is 1. The molecule has 0 heterocycles. The van der Waals surface area contributed by atoms with Gasteiger partial charge in [0.15, 0.2) is 0 Å². The molecule has 0 unspecified atom stereocenters. The van der Waals surface area contributed by atoms with Crippen LogP contribution in [0.4, 0.5) is 0 Å². The summed E-state index contributed by atoms with van der Waals surface area (Å²) in [6.45, 7) is 7.88. The van der Waals surface area contributed by atoms with Gasteiger partial charge in [-0.1, -0.05) is 23.3 Å². The van der Waals surface area contributed by atoms with E-state index in [9.17, 15) is 9.90 Å². The first-order chi connectivity index (χ1) is 9.79. The molecule has 0 saturated carbocycles. The number of benzene rings is 1. The zero-order valence-electron chi connectivity index (χ0n) is 13.3. The number of carbonyl (C=O) groups is 1. The molecular formula is C17H23ClO3. The predicted molar refractivity (Wildman–Crippen MR) is 86.0 cm³/mol. The second kappa shape index (κ2) is 7.51. The predicted octanol–water partition coefficient (Wildman–Crippen LogP) is 4.41. The monoisotopic (exact) mass is 310 g/mol. The molecule has 1 rings (SSSR count). The maximum absolute atomic E-state index is 11.1. The summed E-state index contributed by atoms with van der Waals surface area (Å²) in [5.74, 6) is -0.0507. The Balaban J connectivity index is 2.91. The Morgan fingerprint density at radius 2 is 1.81 bits per heavy atom. The van der Waals surface area contributed by atoms with Gasteiger partial charge in [0.2, 0.25) is 0 Å². The van der Waals surface area contributed by atoms with Gasteiger partial charge in [-0.05, 0) is 57.2 Å². The normalized spacial score (nSPS) is 11.6. The lowest BCUT2D eigenvalue weighted by atomic mass is 9.95. The second-order valence-electron chi connectivity index (χ2n) is 5.35. The van der Waals surface area contributed by atoms with Crippen molar-refractivity contribution in [2.75, 3.05) is 7.11 Å². The van der Waals surface area contributed by atoms with Crippen LogP contribution in [-0.2, 0) is 16.0 Å². The minimum atomic E-state index is -0.212. The number of allylic oxidation sites excluding steroid dienone is 2. The summed E-state index contributed by atoms with van der Waals surface area (Å²) >= 11 is 6.17. The number of methoxy groups -OCH3 is 1. The van der Waals surface area contributed by atoms with Gasteiger partial charge in [0.1, 0.15) is 5.75 Å². The molecule has 0 aliphatic heterocycles. The van der Waals surface area contributed by atoms with Crippen molar-refractivity contribution in [3.8, 4) is 5.75 Å². The lowest BCUT2D eigenvalue weighted by molar-refractivity contribution is -0.140. The van der Waals surface area contributed by atoms with Crippen LogP contribution in [0.1, 0.15) is 42.0 Å². The average Bonchev–Trinajstić information content (AvgIpc) is 2.48. The van der Waals surface area contributed by atoms with Gasteiger partial charge in [0, 0.05) is 12.0 Å². The van der Waals surface area contributed by atoms with Gasteiger partial charge in [-0.3, -0.25) is 4.79 Å². The minimum absolute atomic E-state index is 0.161. The maximum atomic E-state index is 11.1. The first-order valence-electron chi connectivity index (χ1n) is 6.99. The number of phenols is 1. The molecule has 1 N–H and O–H groups in total. The molecule has 0 amide bonds. The molecule has 4 heteroatoms. The third-order valence-corrected chi connectivity index (χ3v) is 4.47. The van der Waals surface area contributed by atoms with Gasteiger partial charge < -0.3 is 9.84 Å². The van der Waals surface area contributed by atoms with E-state index in [1.165, 1.54) is 7.11 Å². The van der Waals surface area contributed by atoms with Crippen LogP contribution >= 0.6 is 11.6 Å². The zero-order valence-corrected chi connectivity index (χ0v) is 14.1. The van der Waals surface area contributed by atoms with Crippen LogP contribution in [0.25, 0.3) is 0 Å². The summed E-state index contributed by atoms with van der Waals surface area (Å²) in [4.78, 5) is 11.1. The third-order valence-electron chi connectivity index (χ3n) is 4.01. The Morgan fingerprint density at radius 1 is 1.19 bits per heavy atom. The van der Waals surface area contributed by atoms with Gasteiger partial charge in [0.25, 0.3) is 0 Å². The maximum Gasteiger partial charge on any atom is 0.305 e. The standard InChI is InChI=1S/C17H23ClO3/c1-10(7-9-15(19)21-5)6-8-14-12(3)11(2)13(4)16(18)17(14)20/h6,20H,7-9H2,1-5H3/b10-6+. The molecule has 0 aliphatic rings. The molecule has 0 fully saturated rings. The topological polar surface area (TPSA) is 46.5 Å². The molecule has 0 radical (unpaired) electrons. The summed E-state index contributed by atoms with van der Waals surface area (Å²) in [5, 5.41) is 10.6. The molecule has 1 aromatic rings. The van der Waals surface area contributed by atoms with Crippen LogP contribution in [0.5, 0.6) is 5.75 Å². The van der Waals surface area contributed by atoms with Crippen molar-refractivity contribution in [2.24, 2.45) is 0 Å². The van der Waals surface area contributed by atoms with E-state index in [1.54, 1.807) is 0 Å². The molecule has 1 aromatic carbocycles. The number of esters is 1. The fraction of sp³-hybridized carbons (Fsp3) is 0.471. The Kier molecular flexibility index (Phi) is 6.28. The lowest BCUT2D eigenvalue weighted by Crippen LogP contribution is -2.00. The van der Waals surface area contributed by atoms with Gasteiger partial charge in [-0.25, -0.2) is 0 Å². The fourth-order valence-corrected chi connectivity index (χ4v) is 2.45. The number of halogens is 1. The van der Waals surface area contributed by atoms with Crippen molar-refractivity contribution >= 4 is 17.6 Å². The number of carbonyl (C=O) groups excluding carboxylic acids is 1. The SMILES string of the molecule is COC(=O)CC/C(C)=C/Cc1c(C)c(C)c(C)c(Cl)c1O. The highest BCUT2D eigenvalue weighted by Gasteiger charge is 2.14. The molecule has 3 nitrogen and oxygen atoms in total. The molecule has 0 aliphatic carbocycles. The van der Waals surface area contributed by atoms with E-state index in [4.69, 9.17) is 11.6 Å². The molecule has 0 spiro atoms. The average molecular weight is 311 g/mol. The van der Waals surface area contributed by atoms with Crippen LogP contribution in [0, 0.1) is 20.8 Å². The van der Waals surface area contributed by atoms with E-state index in [2.05, 4.69) is 4.74 Å². The number of ether oxygens (including phenoxy) is 1. The van der Waals surface area contributed by atoms with E-state index >= 15 is 0 Å². The molecule has 0 saturated heterocycles. The van der Waals surface area contributed by atoms with Gasteiger partial charge >= 0.3 is 5.97 Å². The summed E-state index contributed by atoms with van der Waals surface area (Å²) in [5.41, 5.74) is 5.02. The Labute approximate surface area is 131 Å². The number of hydrogen-bond acceptors (Lipinski definition) is 3. The molecule has 116 valence electrons. The lowest BCUT2D eigenvalue weighted by Gasteiger charge is -2.15. The third kappa shape index (κ3) is 4.24. The van der Waals surface area contributed by atoms with Crippen molar-refractivity contribution in [3.63, 3.8) is 0 Å². The highest BCUT2D eigenvalue weighted by molar-refractivity contribution is 6.33. The smallest absolute Gasteiger partial charge is 0.305 e. The van der Waals surface area contributed by atoms with Crippen LogP contribution in [0.15, 0.2) is 11.6 Å². The van der Waals surface area contributed by atoms with Crippen LogP contribution in [0.3, 0.4) is 0 Å². The van der Waals surface area contributed by atoms with E-state index in [0.29, 0.717) is 24.3 Å². The van der Waals surface area contributed by atoms with E-state index in [0.717, 1.165) is 27.8 Å². The van der Waals surface area contributed by atoms with Crippen molar-refractivity contribution in [2.45, 2.75) is 47.0 Å². The highest BCUT2D eigenvalue weighted by Crippen LogP contribution is 2.36. The van der Waals surface area contributed by atoms with Crippen LogP contribution in [0.2, 0.25) is 5.02 Å². The van der Waals surface area contributed by atoms with Gasteiger partial charge in [0.05, 0.1) is 12.1 Å². The van der Waals surface area contributed by atoms with Crippen molar-refractivity contribution < 1.29 is 14.6 Å². The van der Waals surface area contributed by atoms with Crippen molar-refractivity contribution in [1.82, 2.24) is 0 Å². The van der Waals surface area contributed by atoms with Crippen LogP contribution in [-0.4, -0.2) is 18.2 Å². The van der Waals surface area contributed by atoms with Gasteiger partial charge in [-0.15, -0.1) is 0 Å². The van der Waals surface area contributed by atoms with Crippen molar-refractivity contribution in [3.05, 3.63) is 38.9 Å². The molecule has 21 heavy (non-hydrogen) atoms. The van der Waals surface area contributed by atoms with Gasteiger partial charge in [-0.2, -0.15) is 0 Å². The molecular weight excluding hydrogens is 288 g/mol. The summed E-state index contributed by atoms with van der Waals surface area (Å²) in [6, 6.07) is 0. The fourth-order valence-electron chi connectivity index (χ4n) is 2.19. The molecule has 0 bridgehead atoms. The quantitative estimate of drug-likeness (QED) is 0.647. The van der Waals surface area contributed by atoms with E-state index in [1.807, 2.05) is 33.8 Å². The summed E-state index contributed by atoms with van der Waals surface area (Å²) in [7, 11) is 1.39. The summed E-state index contributed by atoms with van der Waals surface area (Å²) < 4.78 is 4.62. The second-order valence-corrected chi connectivity index (χ2v) is 5.72. The Bertz CT molecular complexity index is 545. The van der Waals surface area contributed by atoms with E-state index in [-0.39, 0.29) is 11.7 Å². The first kappa shape index (κ1) is 17.6. The number of hydrogen-bond donors (Lipinski definition) is 1. The largest absolute Gasteiger partial charge is 0.506 e. The van der Waals surface area contributed by atoms with Crippen LogP contribution < -0.4 is 0 Å². The minimum Gasteiger partial charge on any atom is -0.506 e. The highest BCUT2D eigenvalue weighted by atomic mass is 35.5. The molecule has 0 aromatic heterocycles. The van der Waals surface area contributed by atoms with Crippen molar-refractivity contribution in [1.29, 1.82) is 0 Å². The van der Waals surface area contributed by atoms with E-state index < -0.39 is 0 Å². The number of rotatable bonds is 5. The molecule has 0 atom stereocenters. The Hall–Kier alpha value is -1.48. The number of aromatic hydroxyl groups is 1. The first-order valence-corrected chi connectivity index (χ1v) is 7.36. The zero-order chi connectivity index (χ0) is 16.2. The summed E-state index contributed by atoms with van der Waals surface area (Å²) in [6.07, 6.45) is 3.66. The Morgan fingerprint density at radius 3 is 2.38 bits per heavy atom.